The molecule has 2 rings (SSSR count). The number of hydrogen-bond acceptors (Lipinski definition) is 3. The molecule has 1 aromatic carbocycles. The SMILES string of the molecule is Cc1cc(F)ccc1Oc1cc(Cl)nc(C(C)(C)C)n1. The summed E-state index contributed by atoms with van der Waals surface area (Å²) in [5.41, 5.74) is 0.456. The highest BCUT2D eigenvalue weighted by Gasteiger charge is 2.19. The van der Waals surface area contributed by atoms with Crippen LogP contribution in [0.5, 0.6) is 11.6 Å². The van der Waals surface area contributed by atoms with Crippen LogP contribution in [0.3, 0.4) is 0 Å². The molecule has 0 saturated heterocycles. The molecule has 0 amide bonds. The topological polar surface area (TPSA) is 35.0 Å². The highest BCUT2D eigenvalue weighted by Crippen LogP contribution is 2.28. The number of halogens is 2. The predicted octanol–water partition coefficient (Wildman–Crippen LogP) is 4.67. The number of aromatic nitrogens is 2. The molecule has 0 aliphatic heterocycles. The van der Waals surface area contributed by atoms with Crippen LogP contribution in [-0.4, -0.2) is 9.97 Å². The Hall–Kier alpha value is -1.68. The van der Waals surface area contributed by atoms with Gasteiger partial charge in [-0.1, -0.05) is 32.4 Å². The van der Waals surface area contributed by atoms with Gasteiger partial charge >= 0.3 is 0 Å². The molecular weight excluding hydrogens is 279 g/mol. The fourth-order valence-electron chi connectivity index (χ4n) is 1.62. The molecule has 0 aliphatic rings. The van der Waals surface area contributed by atoms with Crippen molar-refractivity contribution in [3.8, 4) is 11.6 Å². The minimum Gasteiger partial charge on any atom is -0.439 e. The maximum Gasteiger partial charge on any atom is 0.224 e. The van der Waals surface area contributed by atoms with Crippen LogP contribution in [0.4, 0.5) is 4.39 Å². The summed E-state index contributed by atoms with van der Waals surface area (Å²) in [6.45, 7) is 7.74. The molecule has 0 bridgehead atoms. The summed E-state index contributed by atoms with van der Waals surface area (Å²) in [7, 11) is 0. The minimum absolute atomic E-state index is 0.235. The highest BCUT2D eigenvalue weighted by atomic mass is 35.5. The van der Waals surface area contributed by atoms with E-state index in [1.807, 2.05) is 20.8 Å². The van der Waals surface area contributed by atoms with E-state index in [0.717, 1.165) is 0 Å². The second-order valence-electron chi connectivity index (χ2n) is 5.61. The maximum absolute atomic E-state index is 13.1. The van der Waals surface area contributed by atoms with Crippen LogP contribution < -0.4 is 4.74 Å². The predicted molar refractivity (Wildman–Crippen MR) is 77.0 cm³/mol. The van der Waals surface area contributed by atoms with Gasteiger partial charge in [0.1, 0.15) is 22.5 Å². The van der Waals surface area contributed by atoms with Gasteiger partial charge in [0.05, 0.1) is 0 Å². The van der Waals surface area contributed by atoms with Crippen molar-refractivity contribution >= 4 is 11.6 Å². The van der Waals surface area contributed by atoms with Crippen molar-refractivity contribution < 1.29 is 9.13 Å². The monoisotopic (exact) mass is 294 g/mol. The molecule has 1 aromatic heterocycles. The van der Waals surface area contributed by atoms with Crippen molar-refractivity contribution in [3.63, 3.8) is 0 Å². The Balaban J connectivity index is 2.36. The molecular formula is C15H16ClFN2O. The number of hydrogen-bond donors (Lipinski definition) is 0. The second-order valence-corrected chi connectivity index (χ2v) is 6.00. The van der Waals surface area contributed by atoms with E-state index in [0.29, 0.717) is 28.2 Å². The lowest BCUT2D eigenvalue weighted by atomic mass is 9.96. The van der Waals surface area contributed by atoms with Gasteiger partial charge in [-0.15, -0.1) is 0 Å². The fraction of sp³-hybridized carbons (Fsp3) is 0.333. The molecule has 1 heterocycles. The van der Waals surface area contributed by atoms with Gasteiger partial charge in [0.25, 0.3) is 0 Å². The van der Waals surface area contributed by atoms with Gasteiger partial charge in [0.15, 0.2) is 0 Å². The van der Waals surface area contributed by atoms with Gasteiger partial charge < -0.3 is 4.74 Å². The quantitative estimate of drug-likeness (QED) is 0.755. The molecule has 0 atom stereocenters. The standard InChI is InChI=1S/C15H16ClFN2O/c1-9-7-10(17)5-6-11(9)20-13-8-12(16)18-14(19-13)15(2,3)4/h5-8H,1-4H3. The Morgan fingerprint density at radius 1 is 1.15 bits per heavy atom. The van der Waals surface area contributed by atoms with Crippen LogP contribution in [0.25, 0.3) is 0 Å². The summed E-state index contributed by atoms with van der Waals surface area (Å²) in [5.74, 6) is 1.19. The Morgan fingerprint density at radius 2 is 1.85 bits per heavy atom. The van der Waals surface area contributed by atoms with Crippen molar-refractivity contribution in [2.45, 2.75) is 33.1 Å². The molecule has 0 fully saturated rings. The Kier molecular flexibility index (Phi) is 3.95. The number of nitrogens with zero attached hydrogens (tertiary/aromatic N) is 2. The lowest BCUT2D eigenvalue weighted by molar-refractivity contribution is 0.442. The lowest BCUT2D eigenvalue weighted by Crippen LogP contribution is -2.16. The molecule has 0 unspecified atom stereocenters. The van der Waals surface area contributed by atoms with Gasteiger partial charge in [-0.05, 0) is 30.7 Å². The smallest absolute Gasteiger partial charge is 0.224 e. The minimum atomic E-state index is -0.300. The zero-order valence-electron chi connectivity index (χ0n) is 11.9. The zero-order chi connectivity index (χ0) is 14.9. The first-order valence-electron chi connectivity index (χ1n) is 6.25. The van der Waals surface area contributed by atoms with Crippen LogP contribution in [0.2, 0.25) is 5.15 Å². The number of benzene rings is 1. The Bertz CT molecular complexity index is 638. The van der Waals surface area contributed by atoms with Crippen LogP contribution in [-0.2, 0) is 5.41 Å². The van der Waals surface area contributed by atoms with E-state index in [2.05, 4.69) is 9.97 Å². The summed E-state index contributed by atoms with van der Waals surface area (Å²) in [4.78, 5) is 8.55. The maximum atomic E-state index is 13.1. The first kappa shape index (κ1) is 14.7. The lowest BCUT2D eigenvalue weighted by Gasteiger charge is -2.17. The fourth-order valence-corrected chi connectivity index (χ4v) is 1.80. The Labute approximate surface area is 122 Å². The van der Waals surface area contributed by atoms with Crippen LogP contribution in [0.1, 0.15) is 32.2 Å². The summed E-state index contributed by atoms with van der Waals surface area (Å²) in [6, 6.07) is 5.86. The van der Waals surface area contributed by atoms with E-state index in [1.165, 1.54) is 12.1 Å². The van der Waals surface area contributed by atoms with E-state index < -0.39 is 0 Å². The summed E-state index contributed by atoms with van der Waals surface area (Å²) in [6.07, 6.45) is 0. The second kappa shape index (κ2) is 5.37. The van der Waals surface area contributed by atoms with Gasteiger partial charge in [-0.3, -0.25) is 0 Å². The number of rotatable bonds is 2. The van der Waals surface area contributed by atoms with E-state index in [-0.39, 0.29) is 11.2 Å². The summed E-state index contributed by atoms with van der Waals surface area (Å²) in [5, 5.41) is 0.319. The molecule has 0 aliphatic carbocycles. The van der Waals surface area contributed by atoms with E-state index in [1.54, 1.807) is 19.1 Å². The van der Waals surface area contributed by atoms with Gasteiger partial charge in [0, 0.05) is 11.5 Å². The molecule has 0 spiro atoms. The highest BCUT2D eigenvalue weighted by molar-refractivity contribution is 6.29. The van der Waals surface area contributed by atoms with Gasteiger partial charge in [-0.25, -0.2) is 9.37 Å². The zero-order valence-corrected chi connectivity index (χ0v) is 12.6. The van der Waals surface area contributed by atoms with Crippen molar-refractivity contribution in [3.05, 3.63) is 46.6 Å². The average Bonchev–Trinajstić information content (AvgIpc) is 2.31. The van der Waals surface area contributed by atoms with Crippen LogP contribution in [0, 0.1) is 12.7 Å². The van der Waals surface area contributed by atoms with E-state index in [9.17, 15) is 4.39 Å². The third-order valence-corrected chi connectivity index (χ3v) is 2.89. The van der Waals surface area contributed by atoms with Crippen LogP contribution >= 0.6 is 11.6 Å². The third kappa shape index (κ3) is 3.45. The molecule has 3 nitrogen and oxygen atoms in total. The molecule has 5 heteroatoms. The summed E-state index contributed by atoms with van der Waals surface area (Å²) >= 11 is 6.00. The van der Waals surface area contributed by atoms with E-state index >= 15 is 0 Å². The Morgan fingerprint density at radius 3 is 2.45 bits per heavy atom. The number of aryl methyl sites for hydroxylation is 1. The third-order valence-electron chi connectivity index (χ3n) is 2.69. The van der Waals surface area contributed by atoms with Crippen LogP contribution in [0.15, 0.2) is 24.3 Å². The first-order valence-corrected chi connectivity index (χ1v) is 6.62. The molecule has 106 valence electrons. The normalized spacial score (nSPS) is 11.5. The molecule has 0 radical (unpaired) electrons. The van der Waals surface area contributed by atoms with Crippen molar-refractivity contribution in [1.82, 2.24) is 9.97 Å². The van der Waals surface area contributed by atoms with Crippen molar-refractivity contribution in [1.29, 1.82) is 0 Å². The van der Waals surface area contributed by atoms with Crippen molar-refractivity contribution in [2.75, 3.05) is 0 Å². The van der Waals surface area contributed by atoms with Gasteiger partial charge in [0.2, 0.25) is 5.88 Å². The van der Waals surface area contributed by atoms with Gasteiger partial charge in [-0.2, -0.15) is 4.98 Å². The van der Waals surface area contributed by atoms with E-state index in [4.69, 9.17) is 16.3 Å². The van der Waals surface area contributed by atoms with Crippen molar-refractivity contribution in [2.24, 2.45) is 0 Å². The first-order chi connectivity index (χ1) is 9.25. The molecule has 0 N–H and O–H groups in total. The molecule has 2 aromatic rings. The largest absolute Gasteiger partial charge is 0.439 e. The molecule has 0 saturated carbocycles. The number of ether oxygens (including phenoxy) is 1. The average molecular weight is 295 g/mol. The molecule has 20 heavy (non-hydrogen) atoms. The summed E-state index contributed by atoms with van der Waals surface area (Å²) < 4.78 is 18.7.